The van der Waals surface area contributed by atoms with E-state index in [9.17, 15) is 0 Å². The Morgan fingerprint density at radius 3 is 2.56 bits per heavy atom. The Kier molecular flexibility index (Phi) is 3.52. The zero-order valence-electron chi connectivity index (χ0n) is 10.4. The second-order valence-corrected chi connectivity index (χ2v) is 5.12. The molecule has 3 heteroatoms. The standard InChI is InChI=1S/C13H23N3/c1-3-4-11-5-7-12(8-6-11)16-13(14)10(2)9-15-16/h9,11-12H,3-8,14H2,1-2H3. The lowest BCUT2D eigenvalue weighted by Crippen LogP contribution is -2.20. The van der Waals surface area contributed by atoms with Crippen LogP contribution in [0.5, 0.6) is 0 Å². The molecule has 0 unspecified atom stereocenters. The summed E-state index contributed by atoms with van der Waals surface area (Å²) in [6.45, 7) is 4.31. The average Bonchev–Trinajstić information content (AvgIpc) is 2.62. The molecule has 0 saturated heterocycles. The highest BCUT2D eigenvalue weighted by atomic mass is 15.3. The summed E-state index contributed by atoms with van der Waals surface area (Å²) >= 11 is 0. The van der Waals surface area contributed by atoms with Crippen molar-refractivity contribution in [3.05, 3.63) is 11.8 Å². The predicted molar refractivity (Wildman–Crippen MR) is 67.3 cm³/mol. The zero-order chi connectivity index (χ0) is 11.5. The summed E-state index contributed by atoms with van der Waals surface area (Å²) in [4.78, 5) is 0. The van der Waals surface area contributed by atoms with Crippen LogP contribution in [0, 0.1) is 12.8 Å². The van der Waals surface area contributed by atoms with Crippen molar-refractivity contribution in [3.8, 4) is 0 Å². The van der Waals surface area contributed by atoms with Gasteiger partial charge in [0.2, 0.25) is 0 Å². The minimum atomic E-state index is 0.543. The second kappa shape index (κ2) is 4.89. The van der Waals surface area contributed by atoms with Crippen LogP contribution in [0.25, 0.3) is 0 Å². The first-order valence-electron chi connectivity index (χ1n) is 6.52. The van der Waals surface area contributed by atoms with Crippen molar-refractivity contribution in [2.45, 2.75) is 58.4 Å². The van der Waals surface area contributed by atoms with E-state index in [-0.39, 0.29) is 0 Å². The number of rotatable bonds is 3. The molecule has 1 aliphatic carbocycles. The molecule has 0 amide bonds. The Morgan fingerprint density at radius 1 is 1.38 bits per heavy atom. The van der Waals surface area contributed by atoms with Crippen LogP contribution in [0.1, 0.15) is 57.1 Å². The van der Waals surface area contributed by atoms with E-state index < -0.39 is 0 Å². The Bertz CT molecular complexity index is 335. The third-order valence-corrected chi connectivity index (χ3v) is 3.89. The molecule has 0 aromatic carbocycles. The van der Waals surface area contributed by atoms with Crippen LogP contribution in [0.3, 0.4) is 0 Å². The van der Waals surface area contributed by atoms with Gasteiger partial charge in [-0.2, -0.15) is 5.10 Å². The molecule has 1 saturated carbocycles. The molecule has 2 rings (SSSR count). The molecule has 0 atom stereocenters. The van der Waals surface area contributed by atoms with Crippen molar-refractivity contribution < 1.29 is 0 Å². The van der Waals surface area contributed by atoms with Crippen LogP contribution in [0.15, 0.2) is 6.20 Å². The van der Waals surface area contributed by atoms with Gasteiger partial charge in [0.25, 0.3) is 0 Å². The maximum Gasteiger partial charge on any atom is 0.124 e. The van der Waals surface area contributed by atoms with Gasteiger partial charge in [-0.3, -0.25) is 0 Å². The second-order valence-electron chi connectivity index (χ2n) is 5.12. The predicted octanol–water partition coefficient (Wildman–Crippen LogP) is 3.31. The van der Waals surface area contributed by atoms with Gasteiger partial charge in [-0.25, -0.2) is 4.68 Å². The molecule has 3 nitrogen and oxygen atoms in total. The van der Waals surface area contributed by atoms with Crippen LogP contribution >= 0.6 is 0 Å². The van der Waals surface area contributed by atoms with Gasteiger partial charge in [-0.1, -0.05) is 19.8 Å². The number of hydrogen-bond acceptors (Lipinski definition) is 2. The highest BCUT2D eigenvalue weighted by Gasteiger charge is 2.23. The molecule has 0 aliphatic heterocycles. The molecule has 1 aromatic rings. The van der Waals surface area contributed by atoms with E-state index in [2.05, 4.69) is 12.0 Å². The summed E-state index contributed by atoms with van der Waals surface area (Å²) in [6.07, 6.45) is 9.77. The SMILES string of the molecule is CCCC1CCC(n2ncc(C)c2N)CC1. The molecule has 1 heterocycles. The Morgan fingerprint density at radius 2 is 2.06 bits per heavy atom. The summed E-state index contributed by atoms with van der Waals surface area (Å²) < 4.78 is 2.04. The van der Waals surface area contributed by atoms with Gasteiger partial charge in [0, 0.05) is 5.56 Å². The van der Waals surface area contributed by atoms with E-state index in [1.54, 1.807) is 0 Å². The lowest BCUT2D eigenvalue weighted by atomic mass is 9.83. The van der Waals surface area contributed by atoms with Gasteiger partial charge in [-0.15, -0.1) is 0 Å². The fraction of sp³-hybridized carbons (Fsp3) is 0.769. The van der Waals surface area contributed by atoms with E-state index in [0.717, 1.165) is 17.3 Å². The molecule has 16 heavy (non-hydrogen) atoms. The van der Waals surface area contributed by atoms with Crippen molar-refractivity contribution in [2.24, 2.45) is 5.92 Å². The summed E-state index contributed by atoms with van der Waals surface area (Å²) in [6, 6.07) is 0.543. The van der Waals surface area contributed by atoms with E-state index in [4.69, 9.17) is 5.73 Å². The molecule has 1 fully saturated rings. The summed E-state index contributed by atoms with van der Waals surface area (Å²) in [7, 11) is 0. The van der Waals surface area contributed by atoms with Crippen molar-refractivity contribution in [2.75, 3.05) is 5.73 Å². The van der Waals surface area contributed by atoms with Crippen LogP contribution in [-0.4, -0.2) is 9.78 Å². The van der Waals surface area contributed by atoms with Crippen molar-refractivity contribution in [3.63, 3.8) is 0 Å². The molecular formula is C13H23N3. The quantitative estimate of drug-likeness (QED) is 0.851. The monoisotopic (exact) mass is 221 g/mol. The number of aromatic nitrogens is 2. The van der Waals surface area contributed by atoms with Gasteiger partial charge < -0.3 is 5.73 Å². The maximum atomic E-state index is 6.03. The fourth-order valence-electron chi connectivity index (χ4n) is 2.84. The molecule has 2 N–H and O–H groups in total. The van der Waals surface area contributed by atoms with Gasteiger partial charge >= 0.3 is 0 Å². The minimum absolute atomic E-state index is 0.543. The molecule has 90 valence electrons. The van der Waals surface area contributed by atoms with E-state index >= 15 is 0 Å². The van der Waals surface area contributed by atoms with Gasteiger partial charge in [-0.05, 0) is 38.5 Å². The molecule has 0 radical (unpaired) electrons. The Labute approximate surface area is 98.0 Å². The van der Waals surface area contributed by atoms with Crippen LogP contribution in [0.2, 0.25) is 0 Å². The first-order chi connectivity index (χ1) is 7.72. The van der Waals surface area contributed by atoms with E-state index in [1.165, 1.54) is 38.5 Å². The summed E-state index contributed by atoms with van der Waals surface area (Å²) in [5, 5.41) is 4.40. The Hall–Kier alpha value is -0.990. The van der Waals surface area contributed by atoms with Crippen molar-refractivity contribution >= 4 is 5.82 Å². The number of aryl methyl sites for hydroxylation is 1. The highest BCUT2D eigenvalue weighted by molar-refractivity contribution is 5.37. The van der Waals surface area contributed by atoms with Gasteiger partial charge in [0.05, 0.1) is 12.2 Å². The lowest BCUT2D eigenvalue weighted by molar-refractivity contribution is 0.252. The first-order valence-corrected chi connectivity index (χ1v) is 6.52. The largest absolute Gasteiger partial charge is 0.384 e. The third kappa shape index (κ3) is 2.23. The van der Waals surface area contributed by atoms with Crippen LogP contribution in [-0.2, 0) is 0 Å². The average molecular weight is 221 g/mol. The topological polar surface area (TPSA) is 43.8 Å². The van der Waals surface area contributed by atoms with Crippen molar-refractivity contribution in [1.82, 2.24) is 9.78 Å². The number of anilines is 1. The maximum absolute atomic E-state index is 6.03. The van der Waals surface area contributed by atoms with Crippen molar-refractivity contribution in [1.29, 1.82) is 0 Å². The normalized spacial score (nSPS) is 25.9. The molecular weight excluding hydrogens is 198 g/mol. The summed E-state index contributed by atoms with van der Waals surface area (Å²) in [5.74, 6) is 1.80. The van der Waals surface area contributed by atoms with E-state index in [0.29, 0.717) is 6.04 Å². The first kappa shape index (κ1) is 11.5. The Balaban J connectivity index is 1.96. The molecule has 0 bridgehead atoms. The highest BCUT2D eigenvalue weighted by Crippen LogP contribution is 2.35. The van der Waals surface area contributed by atoms with Crippen LogP contribution in [0.4, 0.5) is 5.82 Å². The third-order valence-electron chi connectivity index (χ3n) is 3.89. The molecule has 1 aliphatic rings. The smallest absolute Gasteiger partial charge is 0.124 e. The lowest BCUT2D eigenvalue weighted by Gasteiger charge is -2.29. The van der Waals surface area contributed by atoms with E-state index in [1.807, 2.05) is 17.8 Å². The van der Waals surface area contributed by atoms with Crippen LogP contribution < -0.4 is 5.73 Å². The van der Waals surface area contributed by atoms with Gasteiger partial charge in [0.15, 0.2) is 0 Å². The molecule has 1 aromatic heterocycles. The number of nitrogens with zero attached hydrogens (tertiary/aromatic N) is 2. The minimum Gasteiger partial charge on any atom is -0.384 e. The number of hydrogen-bond donors (Lipinski definition) is 1. The van der Waals surface area contributed by atoms with Gasteiger partial charge in [0.1, 0.15) is 5.82 Å². The number of nitrogens with two attached hydrogens (primary N) is 1. The summed E-state index contributed by atoms with van der Waals surface area (Å²) in [5.41, 5.74) is 7.13. The fourth-order valence-corrected chi connectivity index (χ4v) is 2.84. The number of nitrogen functional groups attached to an aromatic ring is 1. The molecule has 0 spiro atoms. The zero-order valence-corrected chi connectivity index (χ0v) is 10.4.